The molecule has 88 valence electrons. The number of carbonyl (C=O) groups excluding carboxylic acids is 1. The van der Waals surface area contributed by atoms with E-state index in [1.807, 2.05) is 18.2 Å². The van der Waals surface area contributed by atoms with Crippen LogP contribution < -0.4 is 0 Å². The summed E-state index contributed by atoms with van der Waals surface area (Å²) in [5.74, 6) is -1.16. The Morgan fingerprint density at radius 3 is 2.71 bits per heavy atom. The standard InChI is InChI=1S/C12H11NO4/c14-10(15)7-6-9-12(16)17-11(13-9)8-4-2-1-3-5-8/h1-5,9H,6-7H2,(H,14,15). The lowest BCUT2D eigenvalue weighted by molar-refractivity contribution is -0.138. The maximum atomic E-state index is 11.4. The van der Waals surface area contributed by atoms with Crippen LogP contribution in [0.5, 0.6) is 0 Å². The first-order chi connectivity index (χ1) is 8.16. The van der Waals surface area contributed by atoms with E-state index < -0.39 is 18.0 Å². The minimum Gasteiger partial charge on any atom is -0.481 e. The Hall–Kier alpha value is -2.17. The number of carbonyl (C=O) groups is 2. The molecular weight excluding hydrogens is 222 g/mol. The van der Waals surface area contributed by atoms with Gasteiger partial charge in [0.05, 0.1) is 0 Å². The largest absolute Gasteiger partial charge is 0.481 e. The van der Waals surface area contributed by atoms with Crippen LogP contribution in [0.25, 0.3) is 0 Å². The Bertz CT molecular complexity index is 467. The summed E-state index contributed by atoms with van der Waals surface area (Å²) in [5.41, 5.74) is 0.721. The third-order valence-corrected chi connectivity index (χ3v) is 2.39. The molecule has 1 aliphatic heterocycles. The molecule has 2 rings (SSSR count). The van der Waals surface area contributed by atoms with E-state index in [0.29, 0.717) is 0 Å². The highest BCUT2D eigenvalue weighted by Crippen LogP contribution is 2.16. The summed E-state index contributed by atoms with van der Waals surface area (Å²) in [6, 6.07) is 8.36. The normalized spacial score (nSPS) is 18.7. The number of aliphatic carboxylic acids is 1. The van der Waals surface area contributed by atoms with Crippen LogP contribution in [0.15, 0.2) is 35.3 Å². The lowest BCUT2D eigenvalue weighted by Gasteiger charge is -1.99. The van der Waals surface area contributed by atoms with Crippen molar-refractivity contribution in [3.8, 4) is 0 Å². The van der Waals surface area contributed by atoms with Gasteiger partial charge in [-0.05, 0) is 18.6 Å². The number of esters is 1. The molecule has 1 N–H and O–H groups in total. The zero-order chi connectivity index (χ0) is 12.3. The summed E-state index contributed by atoms with van der Waals surface area (Å²) in [7, 11) is 0. The molecule has 0 fully saturated rings. The van der Waals surface area contributed by atoms with Crippen LogP contribution >= 0.6 is 0 Å². The number of aliphatic imine (C=N–C) groups is 1. The molecule has 5 heteroatoms. The van der Waals surface area contributed by atoms with Crippen LogP contribution in [0.3, 0.4) is 0 Å². The molecule has 0 saturated carbocycles. The average molecular weight is 233 g/mol. The Labute approximate surface area is 97.7 Å². The van der Waals surface area contributed by atoms with E-state index in [2.05, 4.69) is 4.99 Å². The molecule has 0 spiro atoms. The molecule has 1 aliphatic rings. The lowest BCUT2D eigenvalue weighted by Crippen LogP contribution is -2.16. The SMILES string of the molecule is O=C(O)CCC1N=C(c2ccccc2)OC1=O. The second kappa shape index (κ2) is 4.78. The van der Waals surface area contributed by atoms with Gasteiger partial charge in [0.2, 0.25) is 5.90 Å². The van der Waals surface area contributed by atoms with Crippen molar-refractivity contribution in [2.45, 2.75) is 18.9 Å². The second-order valence-corrected chi connectivity index (χ2v) is 3.67. The van der Waals surface area contributed by atoms with E-state index in [9.17, 15) is 9.59 Å². The topological polar surface area (TPSA) is 76.0 Å². The van der Waals surface area contributed by atoms with Crippen LogP contribution in [0, 0.1) is 0 Å². The van der Waals surface area contributed by atoms with Gasteiger partial charge in [0, 0.05) is 12.0 Å². The van der Waals surface area contributed by atoms with Gasteiger partial charge in [0.15, 0.2) is 6.04 Å². The smallest absolute Gasteiger partial charge is 0.337 e. The van der Waals surface area contributed by atoms with Crippen molar-refractivity contribution in [2.24, 2.45) is 4.99 Å². The first-order valence-electron chi connectivity index (χ1n) is 5.23. The van der Waals surface area contributed by atoms with E-state index >= 15 is 0 Å². The molecule has 0 amide bonds. The Morgan fingerprint density at radius 2 is 2.06 bits per heavy atom. The van der Waals surface area contributed by atoms with Gasteiger partial charge in [0.25, 0.3) is 0 Å². The van der Waals surface area contributed by atoms with Crippen LogP contribution in [-0.4, -0.2) is 29.0 Å². The zero-order valence-electron chi connectivity index (χ0n) is 9.00. The third kappa shape index (κ3) is 2.69. The van der Waals surface area contributed by atoms with E-state index in [4.69, 9.17) is 9.84 Å². The predicted octanol–water partition coefficient (Wildman–Crippen LogP) is 1.22. The quantitative estimate of drug-likeness (QED) is 0.793. The maximum absolute atomic E-state index is 11.4. The maximum Gasteiger partial charge on any atom is 0.337 e. The monoisotopic (exact) mass is 233 g/mol. The van der Waals surface area contributed by atoms with Crippen molar-refractivity contribution in [3.63, 3.8) is 0 Å². The number of carboxylic acid groups (broad SMARTS) is 1. The Morgan fingerprint density at radius 1 is 1.35 bits per heavy atom. The number of hydrogen-bond donors (Lipinski definition) is 1. The minimum absolute atomic E-state index is 0.0919. The average Bonchev–Trinajstić information content (AvgIpc) is 2.69. The Balaban J connectivity index is 2.09. The summed E-state index contributed by atoms with van der Waals surface area (Å²) < 4.78 is 5.01. The number of nitrogens with zero attached hydrogens (tertiary/aromatic N) is 1. The number of carboxylic acids is 1. The predicted molar refractivity (Wildman–Crippen MR) is 59.7 cm³/mol. The summed E-state index contributed by atoms with van der Waals surface area (Å²) in [5, 5.41) is 8.54. The van der Waals surface area contributed by atoms with Crippen LogP contribution in [0.2, 0.25) is 0 Å². The zero-order valence-corrected chi connectivity index (χ0v) is 9.00. The molecule has 1 atom stereocenters. The van der Waals surface area contributed by atoms with E-state index in [0.717, 1.165) is 5.56 Å². The van der Waals surface area contributed by atoms with Crippen LogP contribution in [0.1, 0.15) is 18.4 Å². The van der Waals surface area contributed by atoms with Crippen molar-refractivity contribution >= 4 is 17.8 Å². The van der Waals surface area contributed by atoms with Gasteiger partial charge < -0.3 is 9.84 Å². The van der Waals surface area contributed by atoms with Gasteiger partial charge in [-0.3, -0.25) is 4.79 Å². The fourth-order valence-electron chi connectivity index (χ4n) is 1.54. The fraction of sp³-hybridized carbons (Fsp3) is 0.250. The first-order valence-corrected chi connectivity index (χ1v) is 5.23. The van der Waals surface area contributed by atoms with Gasteiger partial charge in [-0.25, -0.2) is 9.79 Å². The molecule has 0 aliphatic carbocycles. The van der Waals surface area contributed by atoms with Crippen molar-refractivity contribution in [1.29, 1.82) is 0 Å². The van der Waals surface area contributed by atoms with Gasteiger partial charge in [0.1, 0.15) is 0 Å². The van der Waals surface area contributed by atoms with Crippen LogP contribution in [0.4, 0.5) is 0 Å². The highest BCUT2D eigenvalue weighted by molar-refractivity contribution is 6.06. The minimum atomic E-state index is -0.943. The molecule has 0 aromatic heterocycles. The van der Waals surface area contributed by atoms with Crippen LogP contribution in [-0.2, 0) is 14.3 Å². The highest BCUT2D eigenvalue weighted by atomic mass is 16.6. The van der Waals surface area contributed by atoms with E-state index in [-0.39, 0.29) is 18.7 Å². The molecule has 1 heterocycles. The number of rotatable bonds is 4. The molecular formula is C12H11NO4. The summed E-state index contributed by atoms with van der Waals surface area (Å²) in [4.78, 5) is 25.9. The van der Waals surface area contributed by atoms with E-state index in [1.54, 1.807) is 12.1 Å². The highest BCUT2D eigenvalue weighted by Gasteiger charge is 2.29. The molecule has 1 aromatic rings. The van der Waals surface area contributed by atoms with Gasteiger partial charge in [-0.15, -0.1) is 0 Å². The lowest BCUT2D eigenvalue weighted by atomic mass is 10.2. The van der Waals surface area contributed by atoms with Crippen molar-refractivity contribution in [2.75, 3.05) is 0 Å². The second-order valence-electron chi connectivity index (χ2n) is 3.67. The molecule has 17 heavy (non-hydrogen) atoms. The Kier molecular flexibility index (Phi) is 3.18. The molecule has 1 aromatic carbocycles. The number of benzene rings is 1. The molecule has 0 bridgehead atoms. The number of cyclic esters (lactones) is 1. The molecule has 5 nitrogen and oxygen atoms in total. The summed E-state index contributed by atoms with van der Waals surface area (Å²) >= 11 is 0. The molecule has 1 unspecified atom stereocenters. The molecule has 0 radical (unpaired) electrons. The summed E-state index contributed by atoms with van der Waals surface area (Å²) in [6.45, 7) is 0. The van der Waals surface area contributed by atoms with Crippen molar-refractivity contribution < 1.29 is 19.4 Å². The van der Waals surface area contributed by atoms with Gasteiger partial charge in [-0.1, -0.05) is 18.2 Å². The fourth-order valence-corrected chi connectivity index (χ4v) is 1.54. The number of hydrogen-bond acceptors (Lipinski definition) is 4. The summed E-state index contributed by atoms with van der Waals surface area (Å²) in [6.07, 6.45) is 0.0792. The van der Waals surface area contributed by atoms with E-state index in [1.165, 1.54) is 0 Å². The van der Waals surface area contributed by atoms with Gasteiger partial charge in [-0.2, -0.15) is 0 Å². The van der Waals surface area contributed by atoms with Gasteiger partial charge >= 0.3 is 11.9 Å². The van der Waals surface area contributed by atoms with Crippen molar-refractivity contribution in [3.05, 3.63) is 35.9 Å². The van der Waals surface area contributed by atoms with Crippen molar-refractivity contribution in [1.82, 2.24) is 0 Å². The number of ether oxygens (including phenoxy) is 1. The third-order valence-electron chi connectivity index (χ3n) is 2.39. The molecule has 0 saturated heterocycles. The first kappa shape index (κ1) is 11.3.